The number of aryl methyl sites for hydroxylation is 2. The highest BCUT2D eigenvalue weighted by Crippen LogP contribution is 2.43. The largest absolute Gasteiger partial charge is 0.457 e. The molecule has 1 aliphatic rings. The Labute approximate surface area is 203 Å². The lowest BCUT2D eigenvalue weighted by atomic mass is 9.92. The lowest BCUT2D eigenvalue weighted by molar-refractivity contribution is -0.140. The zero-order valence-corrected chi connectivity index (χ0v) is 19.1. The topological polar surface area (TPSA) is 97.0 Å². The maximum Gasteiger partial charge on any atom is 0.431 e. The van der Waals surface area contributed by atoms with Gasteiger partial charge in [0, 0.05) is 34.6 Å². The average Bonchev–Trinajstić information content (AvgIpc) is 2.83. The fraction of sp³-hybridized carbons (Fsp3) is 0.154. The van der Waals surface area contributed by atoms with Crippen LogP contribution in [0.2, 0.25) is 0 Å². The van der Waals surface area contributed by atoms with Crippen molar-refractivity contribution < 1.29 is 22.7 Å². The highest BCUT2D eigenvalue weighted by atomic mass is 19.4. The first-order chi connectivity index (χ1) is 17.1. The molecule has 1 amide bonds. The lowest BCUT2D eigenvalue weighted by Crippen LogP contribution is -2.35. The van der Waals surface area contributed by atoms with Gasteiger partial charge >= 0.3 is 6.18 Å². The van der Waals surface area contributed by atoms with Crippen LogP contribution in [0.25, 0.3) is 11.1 Å². The first-order valence-corrected chi connectivity index (χ1v) is 10.9. The van der Waals surface area contributed by atoms with E-state index in [0.717, 1.165) is 17.2 Å². The highest BCUT2D eigenvalue weighted by molar-refractivity contribution is 5.96. The number of nitrogens with zero attached hydrogens (tertiary/aromatic N) is 2. The molecule has 7 nitrogen and oxygen atoms in total. The van der Waals surface area contributed by atoms with Crippen LogP contribution in [0, 0.1) is 13.8 Å². The van der Waals surface area contributed by atoms with Crippen LogP contribution in [0.4, 0.5) is 13.2 Å². The number of carbonyl (C=O) groups is 1. The molecule has 0 saturated carbocycles. The number of amides is 1. The molecule has 182 valence electrons. The van der Waals surface area contributed by atoms with Crippen LogP contribution in [-0.4, -0.2) is 20.9 Å². The molecule has 5 rings (SSSR count). The third-order valence-corrected chi connectivity index (χ3v) is 5.90. The van der Waals surface area contributed by atoms with Crippen LogP contribution in [0.1, 0.15) is 44.3 Å². The quantitative estimate of drug-likeness (QED) is 0.415. The van der Waals surface area contributed by atoms with Crippen LogP contribution in [0.3, 0.4) is 0 Å². The van der Waals surface area contributed by atoms with Crippen LogP contribution in [-0.2, 0) is 6.18 Å². The smallest absolute Gasteiger partial charge is 0.431 e. The second kappa shape index (κ2) is 8.63. The summed E-state index contributed by atoms with van der Waals surface area (Å²) in [5.74, 6) is 0.247. The maximum absolute atomic E-state index is 13.7. The number of halogens is 3. The summed E-state index contributed by atoms with van der Waals surface area (Å²) in [5.41, 5.74) is -0.124. The molecule has 1 aliphatic heterocycles. The molecule has 0 fully saturated rings. The lowest BCUT2D eigenvalue weighted by Gasteiger charge is -2.29. The van der Waals surface area contributed by atoms with Crippen LogP contribution < -0.4 is 15.6 Å². The number of aromatic amines is 1. The van der Waals surface area contributed by atoms with Crippen molar-refractivity contribution in [1.29, 1.82) is 0 Å². The number of hydrogen-bond donors (Lipinski definition) is 2. The first kappa shape index (κ1) is 23.3. The summed E-state index contributed by atoms with van der Waals surface area (Å²) in [6.07, 6.45) is -1.35. The van der Waals surface area contributed by atoms with E-state index in [0.29, 0.717) is 22.6 Å². The molecule has 0 saturated heterocycles. The van der Waals surface area contributed by atoms with Gasteiger partial charge in [-0.2, -0.15) is 13.2 Å². The summed E-state index contributed by atoms with van der Waals surface area (Å²) in [6.45, 7) is 3.80. The van der Waals surface area contributed by atoms with E-state index in [9.17, 15) is 22.8 Å². The van der Waals surface area contributed by atoms with Crippen molar-refractivity contribution in [2.24, 2.45) is 0 Å². The number of rotatable bonds is 3. The predicted molar refractivity (Wildman–Crippen MR) is 125 cm³/mol. The Bertz CT molecular complexity index is 1500. The van der Waals surface area contributed by atoms with E-state index in [2.05, 4.69) is 15.3 Å². The monoisotopic (exact) mass is 492 g/mol. The standard InChI is InChI=1S/C26H19F3N4O3/c1-13-3-5-16-20(7-13)36-21-8-14(2)4-6-17(21)22(16)32-24(34)19-9-18(15-10-30-12-31-11-15)23(26(27,28)29)33-25(19)35/h3-12,22H,1-2H3,(H,32,34)(H,33,35). The number of carbonyl (C=O) groups excluding carboxylic acids is 1. The number of hydrogen-bond acceptors (Lipinski definition) is 5. The minimum Gasteiger partial charge on any atom is -0.457 e. The number of fused-ring (bicyclic) bond motifs is 2. The molecule has 0 aliphatic carbocycles. The number of pyridine rings is 1. The van der Waals surface area contributed by atoms with E-state index in [1.54, 1.807) is 0 Å². The van der Waals surface area contributed by atoms with Gasteiger partial charge in [-0.3, -0.25) is 9.59 Å². The van der Waals surface area contributed by atoms with E-state index in [-0.39, 0.29) is 5.56 Å². The molecule has 4 aromatic rings. The van der Waals surface area contributed by atoms with Crippen molar-refractivity contribution in [1.82, 2.24) is 20.3 Å². The number of ether oxygens (including phenoxy) is 1. The third-order valence-electron chi connectivity index (χ3n) is 5.90. The molecule has 0 atom stereocenters. The fourth-order valence-electron chi connectivity index (χ4n) is 4.18. The van der Waals surface area contributed by atoms with E-state index < -0.39 is 40.5 Å². The molecule has 0 unspecified atom stereocenters. The van der Waals surface area contributed by atoms with Crippen molar-refractivity contribution in [2.75, 3.05) is 0 Å². The molecule has 36 heavy (non-hydrogen) atoms. The Morgan fingerprint density at radius 2 is 1.56 bits per heavy atom. The summed E-state index contributed by atoms with van der Waals surface area (Å²) in [5, 5.41) is 2.81. The second-order valence-corrected chi connectivity index (χ2v) is 8.52. The predicted octanol–water partition coefficient (Wildman–Crippen LogP) is 5.09. The maximum atomic E-state index is 13.7. The van der Waals surface area contributed by atoms with Gasteiger partial charge in [0.15, 0.2) is 0 Å². The summed E-state index contributed by atoms with van der Waals surface area (Å²) in [6, 6.07) is 11.2. The summed E-state index contributed by atoms with van der Waals surface area (Å²) in [7, 11) is 0. The molecule has 0 spiro atoms. The zero-order valence-electron chi connectivity index (χ0n) is 19.1. The molecule has 0 radical (unpaired) electrons. The Balaban J connectivity index is 1.60. The molecule has 2 aromatic heterocycles. The normalized spacial score (nSPS) is 12.9. The number of benzene rings is 2. The van der Waals surface area contributed by atoms with Gasteiger partial charge < -0.3 is 15.0 Å². The molecule has 0 bridgehead atoms. The molecule has 2 N–H and O–H groups in total. The Morgan fingerprint density at radius 3 is 2.11 bits per heavy atom. The van der Waals surface area contributed by atoms with E-state index in [1.807, 2.05) is 55.2 Å². The van der Waals surface area contributed by atoms with Crippen molar-refractivity contribution in [2.45, 2.75) is 26.1 Å². The van der Waals surface area contributed by atoms with E-state index >= 15 is 0 Å². The number of aromatic nitrogens is 3. The number of H-pyrrole nitrogens is 1. The van der Waals surface area contributed by atoms with Crippen LogP contribution in [0.15, 0.2) is 66.0 Å². The SMILES string of the molecule is Cc1ccc2c(c1)Oc1cc(C)ccc1C2NC(=O)c1cc(-c2cncnc2)c(C(F)(F)F)[nH]c1=O. The van der Waals surface area contributed by atoms with Gasteiger partial charge in [0.2, 0.25) is 0 Å². The van der Waals surface area contributed by atoms with Gasteiger partial charge in [0.25, 0.3) is 11.5 Å². The summed E-state index contributed by atoms with van der Waals surface area (Å²) < 4.78 is 47.1. The summed E-state index contributed by atoms with van der Waals surface area (Å²) >= 11 is 0. The van der Waals surface area contributed by atoms with E-state index in [1.165, 1.54) is 18.7 Å². The van der Waals surface area contributed by atoms with E-state index in [4.69, 9.17) is 4.74 Å². The van der Waals surface area contributed by atoms with Gasteiger partial charge in [-0.25, -0.2) is 9.97 Å². The van der Waals surface area contributed by atoms with Crippen molar-refractivity contribution in [3.05, 3.63) is 105 Å². The van der Waals surface area contributed by atoms with Crippen molar-refractivity contribution in [3.63, 3.8) is 0 Å². The Kier molecular flexibility index (Phi) is 5.58. The third kappa shape index (κ3) is 4.21. The average molecular weight is 492 g/mol. The number of alkyl halides is 3. The molecular formula is C26H19F3N4O3. The minimum atomic E-state index is -4.87. The summed E-state index contributed by atoms with van der Waals surface area (Å²) in [4.78, 5) is 35.3. The Hall–Kier alpha value is -4.47. The highest BCUT2D eigenvalue weighted by Gasteiger charge is 2.37. The first-order valence-electron chi connectivity index (χ1n) is 10.9. The molecule has 2 aromatic carbocycles. The Morgan fingerprint density at radius 1 is 0.972 bits per heavy atom. The van der Waals surface area contributed by atoms with Gasteiger partial charge in [0.05, 0.1) is 6.04 Å². The van der Waals surface area contributed by atoms with Gasteiger partial charge in [0.1, 0.15) is 29.1 Å². The van der Waals surface area contributed by atoms with Crippen LogP contribution in [0.5, 0.6) is 11.5 Å². The fourth-order valence-corrected chi connectivity index (χ4v) is 4.18. The van der Waals surface area contributed by atoms with Gasteiger partial charge in [-0.05, 0) is 43.2 Å². The molecule has 3 heterocycles. The van der Waals surface area contributed by atoms with Crippen molar-refractivity contribution in [3.8, 4) is 22.6 Å². The van der Waals surface area contributed by atoms with Crippen molar-refractivity contribution >= 4 is 5.91 Å². The van der Waals surface area contributed by atoms with Gasteiger partial charge in [-0.1, -0.05) is 24.3 Å². The second-order valence-electron chi connectivity index (χ2n) is 8.52. The zero-order chi connectivity index (χ0) is 25.6. The molecular weight excluding hydrogens is 473 g/mol. The number of nitrogens with one attached hydrogen (secondary N) is 2. The van der Waals surface area contributed by atoms with Crippen LogP contribution >= 0.6 is 0 Å². The molecule has 10 heteroatoms. The van der Waals surface area contributed by atoms with Gasteiger partial charge in [-0.15, -0.1) is 0 Å². The minimum absolute atomic E-state index is 0.00262.